The van der Waals surface area contributed by atoms with E-state index in [1.807, 2.05) is 18.2 Å². The molecule has 132 valence electrons. The van der Waals surface area contributed by atoms with Crippen molar-refractivity contribution in [3.63, 3.8) is 0 Å². The number of carbonyl (C=O) groups excluding carboxylic acids is 1. The molecule has 1 saturated heterocycles. The highest BCUT2D eigenvalue weighted by Gasteiger charge is 2.20. The number of hydrogen-bond acceptors (Lipinski definition) is 4. The van der Waals surface area contributed by atoms with Crippen LogP contribution < -0.4 is 10.0 Å². The Kier molecular flexibility index (Phi) is 5.47. The third-order valence-corrected chi connectivity index (χ3v) is 5.42. The standard InChI is InChI=1S/C18H20N2O4S/c21-18(20-15-5-2-1-3-6-15)14-8-10-17(11-9-14)25(22,23)19-13-16-7-4-12-24-16/h1-3,5-6,8-11,16,19H,4,7,12-13H2,(H,20,21)/t16-/m1/s1. The number of sulfonamides is 1. The molecule has 1 atom stereocenters. The molecular weight excluding hydrogens is 340 g/mol. The van der Waals surface area contributed by atoms with E-state index in [0.717, 1.165) is 12.8 Å². The van der Waals surface area contributed by atoms with E-state index in [1.54, 1.807) is 12.1 Å². The van der Waals surface area contributed by atoms with Crippen LogP contribution in [0.15, 0.2) is 59.5 Å². The van der Waals surface area contributed by atoms with Crippen LogP contribution in [0.4, 0.5) is 5.69 Å². The molecule has 0 bridgehead atoms. The van der Waals surface area contributed by atoms with Crippen molar-refractivity contribution < 1.29 is 17.9 Å². The predicted octanol–water partition coefficient (Wildman–Crippen LogP) is 2.40. The van der Waals surface area contributed by atoms with Gasteiger partial charge in [0, 0.05) is 24.4 Å². The number of ether oxygens (including phenoxy) is 1. The lowest BCUT2D eigenvalue weighted by Crippen LogP contribution is -2.31. The quantitative estimate of drug-likeness (QED) is 0.828. The molecule has 0 aliphatic carbocycles. The minimum Gasteiger partial charge on any atom is -0.377 e. The Morgan fingerprint density at radius 1 is 1.08 bits per heavy atom. The van der Waals surface area contributed by atoms with Crippen LogP contribution in [0.5, 0.6) is 0 Å². The first-order valence-electron chi connectivity index (χ1n) is 8.12. The molecule has 0 aromatic heterocycles. The molecule has 1 aliphatic rings. The van der Waals surface area contributed by atoms with Gasteiger partial charge < -0.3 is 10.1 Å². The number of benzene rings is 2. The molecule has 1 fully saturated rings. The molecule has 7 heteroatoms. The summed E-state index contributed by atoms with van der Waals surface area (Å²) in [5.74, 6) is -0.289. The molecule has 1 aliphatic heterocycles. The van der Waals surface area contributed by atoms with E-state index in [0.29, 0.717) is 17.9 Å². The zero-order valence-corrected chi connectivity index (χ0v) is 14.5. The second-order valence-electron chi connectivity index (χ2n) is 5.83. The van der Waals surface area contributed by atoms with Gasteiger partial charge in [-0.2, -0.15) is 0 Å². The summed E-state index contributed by atoms with van der Waals surface area (Å²) in [4.78, 5) is 12.3. The van der Waals surface area contributed by atoms with Crippen LogP contribution in [0.1, 0.15) is 23.2 Å². The number of hydrogen-bond donors (Lipinski definition) is 2. The minimum atomic E-state index is -3.61. The lowest BCUT2D eigenvalue weighted by atomic mass is 10.2. The van der Waals surface area contributed by atoms with Gasteiger partial charge in [0.15, 0.2) is 0 Å². The van der Waals surface area contributed by atoms with Gasteiger partial charge in [-0.3, -0.25) is 4.79 Å². The van der Waals surface area contributed by atoms with E-state index >= 15 is 0 Å². The van der Waals surface area contributed by atoms with Crippen LogP contribution in [0, 0.1) is 0 Å². The largest absolute Gasteiger partial charge is 0.377 e. The summed E-state index contributed by atoms with van der Waals surface area (Å²) in [6.45, 7) is 0.941. The predicted molar refractivity (Wildman–Crippen MR) is 95.0 cm³/mol. The molecule has 0 unspecified atom stereocenters. The molecule has 1 heterocycles. The second-order valence-corrected chi connectivity index (χ2v) is 7.60. The highest BCUT2D eigenvalue weighted by Crippen LogP contribution is 2.15. The van der Waals surface area contributed by atoms with E-state index in [4.69, 9.17) is 4.74 Å². The van der Waals surface area contributed by atoms with E-state index in [-0.39, 0.29) is 23.5 Å². The first-order valence-corrected chi connectivity index (χ1v) is 9.61. The fourth-order valence-electron chi connectivity index (χ4n) is 2.60. The van der Waals surface area contributed by atoms with Gasteiger partial charge >= 0.3 is 0 Å². The van der Waals surface area contributed by atoms with Crippen molar-refractivity contribution in [1.82, 2.24) is 4.72 Å². The lowest BCUT2D eigenvalue weighted by molar-refractivity contribution is 0.102. The van der Waals surface area contributed by atoms with Gasteiger partial charge in [0.2, 0.25) is 10.0 Å². The normalized spacial score (nSPS) is 17.4. The van der Waals surface area contributed by atoms with E-state index in [1.165, 1.54) is 24.3 Å². The van der Waals surface area contributed by atoms with Gasteiger partial charge in [-0.05, 0) is 49.2 Å². The maximum atomic E-state index is 12.3. The minimum absolute atomic E-state index is 0.0642. The Bertz CT molecular complexity index is 814. The van der Waals surface area contributed by atoms with Crippen molar-refractivity contribution in [3.05, 3.63) is 60.2 Å². The SMILES string of the molecule is O=C(Nc1ccccc1)c1ccc(S(=O)(=O)NC[C@H]2CCCO2)cc1. The summed E-state index contributed by atoms with van der Waals surface area (Å²) in [5, 5.41) is 2.76. The fraction of sp³-hybridized carbons (Fsp3) is 0.278. The third kappa shape index (κ3) is 4.66. The van der Waals surface area contributed by atoms with Crippen LogP contribution in [-0.4, -0.2) is 33.6 Å². The molecule has 0 saturated carbocycles. The van der Waals surface area contributed by atoms with Crippen molar-refractivity contribution in [2.75, 3.05) is 18.5 Å². The molecule has 0 spiro atoms. The van der Waals surface area contributed by atoms with Gasteiger partial charge in [0.25, 0.3) is 5.91 Å². The molecule has 6 nitrogen and oxygen atoms in total. The van der Waals surface area contributed by atoms with Crippen molar-refractivity contribution in [2.24, 2.45) is 0 Å². The number of para-hydroxylation sites is 1. The van der Waals surface area contributed by atoms with Gasteiger partial charge in [0.1, 0.15) is 0 Å². The maximum Gasteiger partial charge on any atom is 0.255 e. The van der Waals surface area contributed by atoms with Crippen LogP contribution in [0.3, 0.4) is 0 Å². The molecule has 0 radical (unpaired) electrons. The summed E-state index contributed by atoms with van der Waals surface area (Å²) in [6, 6.07) is 14.9. The number of rotatable bonds is 6. The van der Waals surface area contributed by atoms with E-state index < -0.39 is 10.0 Å². The Labute approximate surface area is 147 Å². The Balaban J connectivity index is 1.63. The first-order chi connectivity index (χ1) is 12.0. The maximum absolute atomic E-state index is 12.3. The van der Waals surface area contributed by atoms with E-state index in [9.17, 15) is 13.2 Å². The first kappa shape index (κ1) is 17.6. The molecular formula is C18H20N2O4S. The van der Waals surface area contributed by atoms with Crippen molar-refractivity contribution in [1.29, 1.82) is 0 Å². The smallest absolute Gasteiger partial charge is 0.255 e. The lowest BCUT2D eigenvalue weighted by Gasteiger charge is -2.11. The molecule has 2 N–H and O–H groups in total. The number of nitrogens with one attached hydrogen (secondary N) is 2. The Hall–Kier alpha value is -2.22. The average Bonchev–Trinajstić information content (AvgIpc) is 3.15. The van der Waals surface area contributed by atoms with Gasteiger partial charge in [-0.15, -0.1) is 0 Å². The average molecular weight is 360 g/mol. The molecule has 3 rings (SSSR count). The summed E-state index contributed by atoms with van der Waals surface area (Å²) >= 11 is 0. The van der Waals surface area contributed by atoms with Crippen LogP contribution in [0.2, 0.25) is 0 Å². The number of amides is 1. The van der Waals surface area contributed by atoms with Gasteiger partial charge in [-0.1, -0.05) is 18.2 Å². The summed E-state index contributed by atoms with van der Waals surface area (Å²) < 4.78 is 32.6. The van der Waals surface area contributed by atoms with Crippen molar-refractivity contribution in [3.8, 4) is 0 Å². The highest BCUT2D eigenvalue weighted by molar-refractivity contribution is 7.89. The highest BCUT2D eigenvalue weighted by atomic mass is 32.2. The summed E-state index contributed by atoms with van der Waals surface area (Å²) in [5.41, 5.74) is 1.07. The zero-order valence-electron chi connectivity index (χ0n) is 13.6. The van der Waals surface area contributed by atoms with Crippen LogP contribution in [-0.2, 0) is 14.8 Å². The monoisotopic (exact) mass is 360 g/mol. The summed E-state index contributed by atoms with van der Waals surface area (Å²) in [6.07, 6.45) is 1.75. The van der Waals surface area contributed by atoms with Crippen LogP contribution in [0.25, 0.3) is 0 Å². The molecule has 2 aromatic carbocycles. The molecule has 1 amide bonds. The summed E-state index contributed by atoms with van der Waals surface area (Å²) in [7, 11) is -3.61. The Morgan fingerprint density at radius 3 is 2.44 bits per heavy atom. The second kappa shape index (κ2) is 7.77. The fourth-order valence-corrected chi connectivity index (χ4v) is 3.67. The van der Waals surface area contributed by atoms with Crippen molar-refractivity contribution >= 4 is 21.6 Å². The zero-order chi connectivity index (χ0) is 17.7. The van der Waals surface area contributed by atoms with Gasteiger partial charge in [-0.25, -0.2) is 13.1 Å². The molecule has 25 heavy (non-hydrogen) atoms. The molecule has 2 aromatic rings. The number of carbonyl (C=O) groups is 1. The Morgan fingerprint density at radius 2 is 1.80 bits per heavy atom. The van der Waals surface area contributed by atoms with E-state index in [2.05, 4.69) is 10.0 Å². The third-order valence-electron chi connectivity index (χ3n) is 3.98. The topological polar surface area (TPSA) is 84.5 Å². The van der Waals surface area contributed by atoms with Crippen LogP contribution >= 0.6 is 0 Å². The number of anilines is 1. The van der Waals surface area contributed by atoms with Gasteiger partial charge in [0.05, 0.1) is 11.0 Å². The van der Waals surface area contributed by atoms with Crippen molar-refractivity contribution in [2.45, 2.75) is 23.8 Å².